The van der Waals surface area contributed by atoms with Gasteiger partial charge in [-0.3, -0.25) is 4.99 Å². The lowest BCUT2D eigenvalue weighted by atomic mass is 10.2. The highest BCUT2D eigenvalue weighted by Gasteiger charge is 2.26. The molecule has 0 fully saturated rings. The maximum absolute atomic E-state index is 12.0. The highest BCUT2D eigenvalue weighted by molar-refractivity contribution is 14.0. The van der Waals surface area contributed by atoms with Crippen molar-refractivity contribution in [3.8, 4) is 0 Å². The summed E-state index contributed by atoms with van der Waals surface area (Å²) >= 11 is 0. The van der Waals surface area contributed by atoms with E-state index in [0.717, 1.165) is 0 Å². The lowest BCUT2D eigenvalue weighted by molar-refractivity contribution is -0.132. The summed E-state index contributed by atoms with van der Waals surface area (Å²) in [6.07, 6.45) is -5.70. The maximum atomic E-state index is 12.0. The molecule has 3 N–H and O–H groups in total. The molecule has 0 atom stereocenters. The van der Waals surface area contributed by atoms with Gasteiger partial charge in [0.2, 0.25) is 0 Å². The third kappa shape index (κ3) is 15.4. The van der Waals surface area contributed by atoms with Crippen molar-refractivity contribution in [3.63, 3.8) is 0 Å². The number of rotatable bonds is 5. The number of alkyl halides is 3. The molecule has 0 aliphatic heterocycles. The van der Waals surface area contributed by atoms with Crippen LogP contribution in [0.15, 0.2) is 4.99 Å². The van der Waals surface area contributed by atoms with Gasteiger partial charge in [-0.1, -0.05) is 0 Å². The molecule has 0 saturated heterocycles. The number of ether oxygens (including phenoxy) is 1. The van der Waals surface area contributed by atoms with E-state index in [2.05, 4.69) is 20.9 Å². The highest BCUT2D eigenvalue weighted by atomic mass is 127. The first-order chi connectivity index (χ1) is 9.53. The zero-order chi connectivity index (χ0) is 16.5. The Labute approximate surface area is 145 Å². The van der Waals surface area contributed by atoms with Crippen molar-refractivity contribution in [2.75, 3.05) is 26.7 Å². The van der Waals surface area contributed by atoms with Crippen LogP contribution >= 0.6 is 24.0 Å². The molecule has 0 saturated carbocycles. The van der Waals surface area contributed by atoms with Crippen LogP contribution in [0.5, 0.6) is 0 Å². The first-order valence-electron chi connectivity index (χ1n) is 6.51. The minimum absolute atomic E-state index is 0. The van der Waals surface area contributed by atoms with Gasteiger partial charge in [0.25, 0.3) is 0 Å². The molecule has 0 aliphatic carbocycles. The molecule has 0 radical (unpaired) electrons. The van der Waals surface area contributed by atoms with Crippen molar-refractivity contribution in [3.05, 3.63) is 0 Å². The van der Waals surface area contributed by atoms with Crippen LogP contribution in [-0.2, 0) is 4.74 Å². The van der Waals surface area contributed by atoms with Gasteiger partial charge >= 0.3 is 12.3 Å². The molecule has 132 valence electrons. The number of carbonyl (C=O) groups excluding carboxylic acids is 1. The summed E-state index contributed by atoms with van der Waals surface area (Å²) in [5.41, 5.74) is -0.577. The second kappa shape index (κ2) is 10.7. The molecule has 0 heterocycles. The second-order valence-corrected chi connectivity index (χ2v) is 5.22. The Bertz CT molecular complexity index is 357. The standard InChI is InChI=1S/C12H23F3N4O2.HI/c1-11(2,3)21-10(20)19-8-7-18-9(16-4)17-6-5-12(13,14)15;/h5-8H2,1-4H3,(H,19,20)(H2,16,17,18);1H. The SMILES string of the molecule is CN=C(NCCNC(=O)OC(C)(C)C)NCCC(F)(F)F.I. The fourth-order valence-electron chi connectivity index (χ4n) is 1.20. The van der Waals surface area contributed by atoms with E-state index in [4.69, 9.17) is 4.74 Å². The number of nitrogens with zero attached hydrogens (tertiary/aromatic N) is 1. The van der Waals surface area contributed by atoms with E-state index in [1.165, 1.54) is 7.05 Å². The van der Waals surface area contributed by atoms with Crippen LogP contribution in [0, 0.1) is 0 Å². The molecule has 0 rings (SSSR count). The molecule has 0 spiro atoms. The molecule has 0 unspecified atom stereocenters. The minimum atomic E-state index is -4.20. The predicted octanol–water partition coefficient (Wildman–Crippen LogP) is 2.25. The first-order valence-corrected chi connectivity index (χ1v) is 6.51. The van der Waals surface area contributed by atoms with E-state index in [1.54, 1.807) is 20.8 Å². The summed E-state index contributed by atoms with van der Waals surface area (Å²) in [6, 6.07) is 0. The van der Waals surface area contributed by atoms with Gasteiger partial charge < -0.3 is 20.7 Å². The normalized spacial score (nSPS) is 12.2. The van der Waals surface area contributed by atoms with Crippen molar-refractivity contribution in [1.82, 2.24) is 16.0 Å². The maximum Gasteiger partial charge on any atom is 0.407 e. The molecule has 22 heavy (non-hydrogen) atoms. The number of aliphatic imine (C=N–C) groups is 1. The highest BCUT2D eigenvalue weighted by Crippen LogP contribution is 2.17. The number of hydrogen-bond acceptors (Lipinski definition) is 3. The van der Waals surface area contributed by atoms with E-state index in [0.29, 0.717) is 6.54 Å². The lowest BCUT2D eigenvalue weighted by Crippen LogP contribution is -2.43. The lowest BCUT2D eigenvalue weighted by Gasteiger charge is -2.20. The van der Waals surface area contributed by atoms with Crippen molar-refractivity contribution in [2.45, 2.75) is 39.0 Å². The number of amides is 1. The molecule has 0 aromatic rings. The molecule has 0 aromatic heterocycles. The van der Waals surface area contributed by atoms with Gasteiger partial charge in [0.1, 0.15) is 5.60 Å². The first kappa shape index (κ1) is 23.3. The Morgan fingerprint density at radius 2 is 1.55 bits per heavy atom. The zero-order valence-electron chi connectivity index (χ0n) is 13.1. The Morgan fingerprint density at radius 1 is 1.05 bits per heavy atom. The number of halogens is 4. The molecule has 6 nitrogen and oxygen atoms in total. The van der Waals surface area contributed by atoms with Crippen molar-refractivity contribution >= 4 is 36.0 Å². The molecular formula is C12H24F3IN4O2. The van der Waals surface area contributed by atoms with Gasteiger partial charge in [-0.2, -0.15) is 13.2 Å². The van der Waals surface area contributed by atoms with Crippen LogP contribution in [-0.4, -0.2) is 50.5 Å². The van der Waals surface area contributed by atoms with Gasteiger partial charge in [0, 0.05) is 26.7 Å². The Kier molecular flexibility index (Phi) is 11.4. The van der Waals surface area contributed by atoms with Gasteiger partial charge in [0.15, 0.2) is 5.96 Å². The summed E-state index contributed by atoms with van der Waals surface area (Å²) in [4.78, 5) is 15.1. The molecule has 0 aliphatic rings. The molecule has 0 bridgehead atoms. The van der Waals surface area contributed by atoms with E-state index in [9.17, 15) is 18.0 Å². The summed E-state index contributed by atoms with van der Waals surface area (Å²) in [6.45, 7) is 5.55. The van der Waals surface area contributed by atoms with Crippen LogP contribution in [0.2, 0.25) is 0 Å². The monoisotopic (exact) mass is 440 g/mol. The average Bonchev–Trinajstić information content (AvgIpc) is 2.28. The average molecular weight is 440 g/mol. The number of hydrogen-bond donors (Lipinski definition) is 3. The fourth-order valence-corrected chi connectivity index (χ4v) is 1.20. The second-order valence-electron chi connectivity index (χ2n) is 5.22. The Balaban J connectivity index is 0. The summed E-state index contributed by atoms with van der Waals surface area (Å²) in [7, 11) is 1.45. The van der Waals surface area contributed by atoms with Gasteiger partial charge in [0.05, 0.1) is 6.42 Å². The largest absolute Gasteiger partial charge is 0.444 e. The van der Waals surface area contributed by atoms with Crippen LogP contribution in [0.3, 0.4) is 0 Å². The van der Waals surface area contributed by atoms with E-state index in [1.807, 2.05) is 0 Å². The summed E-state index contributed by atoms with van der Waals surface area (Å²) in [5, 5.41) is 7.81. The number of carbonyl (C=O) groups is 1. The van der Waals surface area contributed by atoms with Gasteiger partial charge in [-0.15, -0.1) is 24.0 Å². The van der Waals surface area contributed by atoms with Crippen LogP contribution in [0.4, 0.5) is 18.0 Å². The van der Waals surface area contributed by atoms with E-state index < -0.39 is 24.3 Å². The smallest absolute Gasteiger partial charge is 0.407 e. The van der Waals surface area contributed by atoms with Gasteiger partial charge in [-0.05, 0) is 20.8 Å². The van der Waals surface area contributed by atoms with Crippen LogP contribution < -0.4 is 16.0 Å². The third-order valence-electron chi connectivity index (χ3n) is 2.01. The van der Waals surface area contributed by atoms with E-state index >= 15 is 0 Å². The number of nitrogens with one attached hydrogen (secondary N) is 3. The zero-order valence-corrected chi connectivity index (χ0v) is 15.5. The Hall–Kier alpha value is -0.940. The molecule has 10 heteroatoms. The van der Waals surface area contributed by atoms with Crippen molar-refractivity contribution in [1.29, 1.82) is 0 Å². The number of guanidine groups is 1. The topological polar surface area (TPSA) is 74.8 Å². The third-order valence-corrected chi connectivity index (χ3v) is 2.01. The molecular weight excluding hydrogens is 416 g/mol. The quantitative estimate of drug-likeness (QED) is 0.266. The summed E-state index contributed by atoms with van der Waals surface area (Å²) < 4.78 is 41.0. The van der Waals surface area contributed by atoms with Crippen molar-refractivity contribution in [2.24, 2.45) is 4.99 Å². The van der Waals surface area contributed by atoms with Gasteiger partial charge in [-0.25, -0.2) is 4.79 Å². The molecule has 0 aromatic carbocycles. The van der Waals surface area contributed by atoms with E-state index in [-0.39, 0.29) is 43.0 Å². The van der Waals surface area contributed by atoms with Crippen molar-refractivity contribution < 1.29 is 22.7 Å². The summed E-state index contributed by atoms with van der Waals surface area (Å²) in [5.74, 6) is 0.241. The predicted molar refractivity (Wildman–Crippen MR) is 89.7 cm³/mol. The van der Waals surface area contributed by atoms with Crippen LogP contribution in [0.1, 0.15) is 27.2 Å². The Morgan fingerprint density at radius 3 is 2.00 bits per heavy atom. The van der Waals surface area contributed by atoms with Crippen LogP contribution in [0.25, 0.3) is 0 Å². The minimum Gasteiger partial charge on any atom is -0.444 e. The number of alkyl carbamates (subject to hydrolysis) is 1. The molecule has 1 amide bonds. The fraction of sp³-hybridized carbons (Fsp3) is 0.833.